The average molecular weight is 392 g/mol. The van der Waals surface area contributed by atoms with Crippen molar-refractivity contribution in [2.75, 3.05) is 0 Å². The highest BCUT2D eigenvalue weighted by atomic mass is 19.1. The lowest BCUT2D eigenvalue weighted by Gasteiger charge is -2.32. The maximum absolute atomic E-state index is 15.0. The zero-order chi connectivity index (χ0) is 20.6. The molecule has 0 saturated carbocycles. The Morgan fingerprint density at radius 3 is 2.21 bits per heavy atom. The fourth-order valence-corrected chi connectivity index (χ4v) is 3.09. The molecule has 3 aromatic rings. The van der Waals surface area contributed by atoms with Crippen molar-refractivity contribution in [3.63, 3.8) is 0 Å². The van der Waals surface area contributed by atoms with Gasteiger partial charge in [-0.3, -0.25) is 0 Å². The van der Waals surface area contributed by atoms with Crippen LogP contribution in [-0.2, 0) is 9.31 Å². The van der Waals surface area contributed by atoms with Gasteiger partial charge in [-0.1, -0.05) is 30.3 Å². The molecule has 0 unspecified atom stereocenters. The minimum absolute atomic E-state index is 0.231. The minimum Gasteiger partial charge on any atom is -0.424 e. The van der Waals surface area contributed by atoms with Crippen molar-refractivity contribution in [3.05, 3.63) is 66.7 Å². The molecule has 0 aliphatic carbocycles. The van der Waals surface area contributed by atoms with Crippen LogP contribution in [0.5, 0.6) is 11.8 Å². The van der Waals surface area contributed by atoms with Crippen LogP contribution in [0.3, 0.4) is 0 Å². The molecule has 5 nitrogen and oxygen atoms in total. The Kier molecular flexibility index (Phi) is 4.88. The maximum Gasteiger partial charge on any atom is 0.497 e. The highest BCUT2D eigenvalue weighted by Gasteiger charge is 2.52. The number of halogens is 1. The molecule has 7 heteroatoms. The van der Waals surface area contributed by atoms with E-state index in [1.807, 2.05) is 52.0 Å². The second kappa shape index (κ2) is 7.24. The number of rotatable bonds is 4. The van der Waals surface area contributed by atoms with Gasteiger partial charge in [0.05, 0.1) is 11.2 Å². The molecule has 0 atom stereocenters. The van der Waals surface area contributed by atoms with E-state index in [9.17, 15) is 0 Å². The van der Waals surface area contributed by atoms with Crippen molar-refractivity contribution in [2.24, 2.45) is 0 Å². The Hall–Kier alpha value is -2.77. The Labute approximate surface area is 170 Å². The first kappa shape index (κ1) is 19.5. The van der Waals surface area contributed by atoms with Gasteiger partial charge in [-0.25, -0.2) is 14.4 Å². The lowest BCUT2D eigenvalue weighted by atomic mass is 9.78. The molecule has 148 valence electrons. The van der Waals surface area contributed by atoms with Gasteiger partial charge in [0.1, 0.15) is 11.6 Å². The van der Waals surface area contributed by atoms with Crippen LogP contribution in [0.25, 0.3) is 11.1 Å². The number of benzene rings is 2. The van der Waals surface area contributed by atoms with Crippen molar-refractivity contribution >= 4 is 12.6 Å². The number of para-hydroxylation sites is 1. The van der Waals surface area contributed by atoms with Crippen molar-refractivity contribution in [1.82, 2.24) is 9.97 Å². The van der Waals surface area contributed by atoms with E-state index in [1.54, 1.807) is 30.6 Å². The maximum atomic E-state index is 15.0. The molecule has 0 N–H and O–H groups in total. The summed E-state index contributed by atoms with van der Waals surface area (Å²) in [6.07, 6.45) is 3.20. The van der Waals surface area contributed by atoms with Gasteiger partial charge in [-0.15, -0.1) is 0 Å². The largest absolute Gasteiger partial charge is 0.497 e. The van der Waals surface area contributed by atoms with Crippen molar-refractivity contribution in [2.45, 2.75) is 38.9 Å². The number of aromatic nitrogens is 2. The third-order valence-electron chi connectivity index (χ3n) is 5.45. The van der Waals surface area contributed by atoms with E-state index >= 15 is 4.39 Å². The highest BCUT2D eigenvalue weighted by molar-refractivity contribution is 6.62. The van der Waals surface area contributed by atoms with E-state index in [4.69, 9.17) is 14.0 Å². The lowest BCUT2D eigenvalue weighted by molar-refractivity contribution is 0.00578. The smallest absolute Gasteiger partial charge is 0.424 e. The van der Waals surface area contributed by atoms with Crippen molar-refractivity contribution in [3.8, 4) is 22.9 Å². The summed E-state index contributed by atoms with van der Waals surface area (Å²) in [5.74, 6) is 0.147. The monoisotopic (exact) mass is 392 g/mol. The fraction of sp³-hybridized carbons (Fsp3) is 0.273. The third-order valence-corrected chi connectivity index (χ3v) is 5.45. The van der Waals surface area contributed by atoms with E-state index < -0.39 is 24.1 Å². The van der Waals surface area contributed by atoms with Crippen LogP contribution in [0.15, 0.2) is 60.9 Å². The summed E-state index contributed by atoms with van der Waals surface area (Å²) in [4.78, 5) is 8.16. The molecule has 1 aliphatic rings. The molecule has 0 radical (unpaired) electrons. The Bertz CT molecular complexity index is 1010. The molecule has 1 saturated heterocycles. The summed E-state index contributed by atoms with van der Waals surface area (Å²) < 4.78 is 32.8. The summed E-state index contributed by atoms with van der Waals surface area (Å²) in [7, 11) is -0.752. The van der Waals surface area contributed by atoms with Gasteiger partial charge in [0.25, 0.3) is 0 Å². The quantitative estimate of drug-likeness (QED) is 0.617. The second-order valence-electron chi connectivity index (χ2n) is 7.95. The predicted octanol–water partition coefficient (Wildman–Crippen LogP) is 4.37. The zero-order valence-corrected chi connectivity index (χ0v) is 16.8. The molecule has 4 rings (SSSR count). The van der Waals surface area contributed by atoms with Crippen LogP contribution in [0.2, 0.25) is 0 Å². The van der Waals surface area contributed by atoms with Gasteiger partial charge in [0, 0.05) is 23.4 Å². The van der Waals surface area contributed by atoms with Crippen LogP contribution < -0.4 is 10.2 Å². The topological polar surface area (TPSA) is 53.5 Å². The average Bonchev–Trinajstić information content (AvgIpc) is 2.90. The number of hydrogen-bond donors (Lipinski definition) is 0. The summed E-state index contributed by atoms with van der Waals surface area (Å²) in [6, 6.07) is 14.3. The van der Waals surface area contributed by atoms with E-state index in [0.717, 1.165) is 5.56 Å². The summed E-state index contributed by atoms with van der Waals surface area (Å²) >= 11 is 0. The van der Waals surface area contributed by atoms with Gasteiger partial charge >= 0.3 is 13.1 Å². The van der Waals surface area contributed by atoms with E-state index in [-0.39, 0.29) is 6.01 Å². The fourth-order valence-electron chi connectivity index (χ4n) is 3.09. The van der Waals surface area contributed by atoms with Gasteiger partial charge in [0.15, 0.2) is 0 Å². The van der Waals surface area contributed by atoms with Gasteiger partial charge in [-0.2, -0.15) is 0 Å². The molecular formula is C22H22BFN2O3. The zero-order valence-electron chi connectivity index (χ0n) is 16.8. The third kappa shape index (κ3) is 3.75. The Balaban J connectivity index is 1.64. The molecule has 0 bridgehead atoms. The predicted molar refractivity (Wildman–Crippen MR) is 110 cm³/mol. The van der Waals surface area contributed by atoms with Crippen LogP contribution in [0.1, 0.15) is 27.7 Å². The normalized spacial score (nSPS) is 17.3. The Morgan fingerprint density at radius 2 is 1.55 bits per heavy atom. The van der Waals surface area contributed by atoms with Crippen LogP contribution >= 0.6 is 0 Å². The van der Waals surface area contributed by atoms with Crippen LogP contribution in [0.4, 0.5) is 4.39 Å². The van der Waals surface area contributed by atoms with Gasteiger partial charge < -0.3 is 14.0 Å². The van der Waals surface area contributed by atoms with Crippen LogP contribution in [-0.4, -0.2) is 28.3 Å². The second-order valence-corrected chi connectivity index (χ2v) is 7.95. The molecule has 2 heterocycles. The number of ether oxygens (including phenoxy) is 1. The highest BCUT2D eigenvalue weighted by Crippen LogP contribution is 2.37. The molecule has 0 spiro atoms. The molecule has 29 heavy (non-hydrogen) atoms. The standard InChI is InChI=1S/C22H22BFN2O3/c1-21(2)22(3,4)29-23(28-21)17-11-10-15(14-18(17)24)16-8-5-6-9-19(16)27-20-25-12-7-13-26-20/h5-14H,1-4H3. The van der Waals surface area contributed by atoms with Gasteiger partial charge in [-0.05, 0) is 51.5 Å². The Morgan fingerprint density at radius 1 is 0.897 bits per heavy atom. The van der Waals surface area contributed by atoms with Gasteiger partial charge in [0.2, 0.25) is 0 Å². The first-order chi connectivity index (χ1) is 13.8. The molecule has 1 aromatic heterocycles. The molecule has 1 fully saturated rings. The number of nitrogens with zero attached hydrogens (tertiary/aromatic N) is 2. The van der Waals surface area contributed by atoms with Crippen LogP contribution in [0, 0.1) is 5.82 Å². The first-order valence-corrected chi connectivity index (χ1v) is 9.46. The number of hydrogen-bond acceptors (Lipinski definition) is 5. The molecule has 0 amide bonds. The SMILES string of the molecule is CC1(C)OB(c2ccc(-c3ccccc3Oc3ncccn3)cc2F)OC1(C)C. The first-order valence-electron chi connectivity index (χ1n) is 9.46. The lowest BCUT2D eigenvalue weighted by Crippen LogP contribution is -2.41. The molecule has 2 aromatic carbocycles. The minimum atomic E-state index is -0.752. The summed E-state index contributed by atoms with van der Waals surface area (Å²) in [6.45, 7) is 7.77. The summed E-state index contributed by atoms with van der Waals surface area (Å²) in [5, 5.41) is 0. The molecule has 1 aliphatic heterocycles. The van der Waals surface area contributed by atoms with Crippen molar-refractivity contribution < 1.29 is 18.4 Å². The summed E-state index contributed by atoms with van der Waals surface area (Å²) in [5.41, 5.74) is 0.725. The van der Waals surface area contributed by atoms with E-state index in [0.29, 0.717) is 16.8 Å². The van der Waals surface area contributed by atoms with Crippen molar-refractivity contribution in [1.29, 1.82) is 0 Å². The van der Waals surface area contributed by atoms with E-state index in [2.05, 4.69) is 9.97 Å². The molecular weight excluding hydrogens is 370 g/mol. The van der Waals surface area contributed by atoms with E-state index in [1.165, 1.54) is 6.07 Å².